The number of hydrogen-bond donors (Lipinski definition) is 1. The van der Waals surface area contributed by atoms with Crippen LogP contribution in [0.15, 0.2) is 48.7 Å². The van der Waals surface area contributed by atoms with Gasteiger partial charge in [0.2, 0.25) is 5.91 Å². The minimum atomic E-state index is -0.0331. The predicted molar refractivity (Wildman–Crippen MR) is 117 cm³/mol. The number of nitrogens with zero attached hydrogens (tertiary/aromatic N) is 2. The third-order valence-corrected chi connectivity index (χ3v) is 6.60. The van der Waals surface area contributed by atoms with Crippen LogP contribution in [-0.2, 0) is 11.3 Å². The van der Waals surface area contributed by atoms with Crippen molar-refractivity contribution in [3.8, 4) is 0 Å². The highest BCUT2D eigenvalue weighted by molar-refractivity contribution is 6.30. The van der Waals surface area contributed by atoms with Crippen LogP contribution >= 0.6 is 11.6 Å². The second-order valence-corrected chi connectivity index (χ2v) is 8.87. The van der Waals surface area contributed by atoms with Crippen molar-refractivity contribution in [3.63, 3.8) is 0 Å². The first-order chi connectivity index (χ1) is 14.2. The number of aromatic nitrogens is 1. The molecule has 0 spiro atoms. The Hall–Kier alpha value is -1.91. The molecule has 1 amide bonds. The van der Waals surface area contributed by atoms with Gasteiger partial charge in [-0.25, -0.2) is 0 Å². The van der Waals surface area contributed by atoms with Gasteiger partial charge in [-0.2, -0.15) is 0 Å². The van der Waals surface area contributed by atoms with Gasteiger partial charge in [0.25, 0.3) is 0 Å². The summed E-state index contributed by atoms with van der Waals surface area (Å²) in [5.41, 5.74) is 2.21. The molecule has 2 fully saturated rings. The highest BCUT2D eigenvalue weighted by atomic mass is 35.5. The van der Waals surface area contributed by atoms with E-state index in [0.29, 0.717) is 6.04 Å². The van der Waals surface area contributed by atoms with Crippen molar-refractivity contribution in [1.82, 2.24) is 15.2 Å². The number of nitrogens with one attached hydrogen (secondary N) is 1. The first kappa shape index (κ1) is 20.4. The van der Waals surface area contributed by atoms with Crippen LogP contribution in [0.4, 0.5) is 0 Å². The van der Waals surface area contributed by atoms with Crippen molar-refractivity contribution < 1.29 is 4.79 Å². The Morgan fingerprint density at radius 1 is 1.14 bits per heavy atom. The molecule has 4 nitrogen and oxygen atoms in total. The summed E-state index contributed by atoms with van der Waals surface area (Å²) in [5, 5.41) is 4.11. The zero-order valence-corrected chi connectivity index (χ0v) is 17.7. The number of likely N-dealkylation sites (tertiary alicyclic amines) is 1. The van der Waals surface area contributed by atoms with E-state index in [0.717, 1.165) is 49.5 Å². The first-order valence-electron chi connectivity index (χ1n) is 10.9. The number of hydrogen-bond acceptors (Lipinski definition) is 3. The van der Waals surface area contributed by atoms with Gasteiger partial charge in [-0.3, -0.25) is 14.7 Å². The number of benzene rings is 1. The monoisotopic (exact) mass is 411 g/mol. The molecule has 1 aliphatic carbocycles. The molecule has 29 heavy (non-hydrogen) atoms. The van der Waals surface area contributed by atoms with Crippen molar-refractivity contribution in [2.24, 2.45) is 5.92 Å². The molecule has 2 aliphatic rings. The summed E-state index contributed by atoms with van der Waals surface area (Å²) in [6, 6.07) is 14.5. The van der Waals surface area contributed by atoms with Gasteiger partial charge in [-0.15, -0.1) is 0 Å². The van der Waals surface area contributed by atoms with Crippen LogP contribution in [0.3, 0.4) is 0 Å². The van der Waals surface area contributed by atoms with E-state index in [1.165, 1.54) is 24.8 Å². The van der Waals surface area contributed by atoms with Gasteiger partial charge >= 0.3 is 0 Å². The third kappa shape index (κ3) is 5.37. The molecule has 0 radical (unpaired) electrons. The van der Waals surface area contributed by atoms with E-state index in [2.05, 4.69) is 27.3 Å². The normalized spacial score (nSPS) is 21.3. The van der Waals surface area contributed by atoms with Crippen molar-refractivity contribution in [2.45, 2.75) is 63.6 Å². The number of halogens is 1. The van der Waals surface area contributed by atoms with E-state index in [1.54, 1.807) is 0 Å². The molecule has 1 aliphatic heterocycles. The molecule has 1 saturated carbocycles. The highest BCUT2D eigenvalue weighted by Crippen LogP contribution is 2.30. The SMILES string of the molecule is O=C(N[C@H](C[C@H]1CCCCN1Cc1cccc(Cl)c1)c1ccccn1)C1CCC1. The van der Waals surface area contributed by atoms with Gasteiger partial charge in [0.1, 0.15) is 0 Å². The Kier molecular flexibility index (Phi) is 6.83. The number of carbonyl (C=O) groups is 1. The first-order valence-corrected chi connectivity index (χ1v) is 11.3. The Balaban J connectivity index is 1.48. The molecule has 1 aromatic heterocycles. The summed E-state index contributed by atoms with van der Waals surface area (Å²) in [6.45, 7) is 1.99. The molecule has 154 valence electrons. The molecule has 4 rings (SSSR count). The Bertz CT molecular complexity index is 809. The van der Waals surface area contributed by atoms with E-state index >= 15 is 0 Å². The van der Waals surface area contributed by atoms with Crippen LogP contribution in [-0.4, -0.2) is 28.4 Å². The summed E-state index contributed by atoms with van der Waals surface area (Å²) in [5.74, 6) is 0.388. The molecule has 1 saturated heterocycles. The number of pyridine rings is 1. The summed E-state index contributed by atoms with van der Waals surface area (Å²) in [6.07, 6.45) is 9.54. The van der Waals surface area contributed by atoms with Crippen LogP contribution in [0.1, 0.15) is 62.2 Å². The lowest BCUT2D eigenvalue weighted by Gasteiger charge is -2.38. The third-order valence-electron chi connectivity index (χ3n) is 6.37. The lowest BCUT2D eigenvalue weighted by molar-refractivity contribution is -0.128. The van der Waals surface area contributed by atoms with Gasteiger partial charge in [-0.05, 0) is 68.5 Å². The number of carbonyl (C=O) groups excluding carboxylic acids is 1. The van der Waals surface area contributed by atoms with Gasteiger partial charge in [0, 0.05) is 29.7 Å². The van der Waals surface area contributed by atoms with Crippen molar-refractivity contribution in [3.05, 3.63) is 64.9 Å². The minimum Gasteiger partial charge on any atom is -0.347 e. The molecule has 0 unspecified atom stereocenters. The smallest absolute Gasteiger partial charge is 0.223 e. The zero-order valence-electron chi connectivity index (χ0n) is 16.9. The average molecular weight is 412 g/mol. The fraction of sp³-hybridized carbons (Fsp3) is 0.500. The summed E-state index contributed by atoms with van der Waals surface area (Å²) < 4.78 is 0. The standard InChI is InChI=1S/C24H30ClN3O/c25-20-10-5-7-18(15-20)17-28-14-4-2-11-21(28)16-23(22-12-1-3-13-26-22)27-24(29)19-8-6-9-19/h1,3,5,7,10,12-13,15,19,21,23H,2,4,6,8-9,11,14,16-17H2,(H,27,29)/t21-,23-/m1/s1. The average Bonchev–Trinajstić information content (AvgIpc) is 2.68. The van der Waals surface area contributed by atoms with Gasteiger partial charge in [-0.1, -0.05) is 42.6 Å². The molecule has 0 bridgehead atoms. The van der Waals surface area contributed by atoms with Crippen LogP contribution in [0.5, 0.6) is 0 Å². The lowest BCUT2D eigenvalue weighted by Crippen LogP contribution is -2.44. The van der Waals surface area contributed by atoms with Crippen LogP contribution < -0.4 is 5.32 Å². The Labute approximate surface area is 178 Å². The van der Waals surface area contributed by atoms with E-state index in [1.807, 2.05) is 36.5 Å². The van der Waals surface area contributed by atoms with Gasteiger partial charge in [0.05, 0.1) is 11.7 Å². The molecule has 2 atom stereocenters. The number of amides is 1. The van der Waals surface area contributed by atoms with E-state index in [-0.39, 0.29) is 17.9 Å². The largest absolute Gasteiger partial charge is 0.347 e. The topological polar surface area (TPSA) is 45.2 Å². The molecular weight excluding hydrogens is 382 g/mol. The Morgan fingerprint density at radius 3 is 2.76 bits per heavy atom. The highest BCUT2D eigenvalue weighted by Gasteiger charge is 2.31. The van der Waals surface area contributed by atoms with Crippen LogP contribution in [0.2, 0.25) is 5.02 Å². The molecule has 5 heteroatoms. The van der Waals surface area contributed by atoms with Crippen molar-refractivity contribution >= 4 is 17.5 Å². The zero-order chi connectivity index (χ0) is 20.1. The van der Waals surface area contributed by atoms with E-state index < -0.39 is 0 Å². The summed E-state index contributed by atoms with van der Waals surface area (Å²) >= 11 is 6.20. The van der Waals surface area contributed by atoms with Gasteiger partial charge in [0.15, 0.2) is 0 Å². The molecule has 1 N–H and O–H groups in total. The quantitative estimate of drug-likeness (QED) is 0.686. The summed E-state index contributed by atoms with van der Waals surface area (Å²) in [4.78, 5) is 19.8. The molecule has 2 aromatic rings. The number of rotatable bonds is 7. The maximum atomic E-state index is 12.7. The van der Waals surface area contributed by atoms with E-state index in [4.69, 9.17) is 11.6 Å². The molecule has 2 heterocycles. The van der Waals surface area contributed by atoms with Crippen LogP contribution in [0, 0.1) is 5.92 Å². The fourth-order valence-corrected chi connectivity index (χ4v) is 4.69. The number of piperidine rings is 1. The lowest BCUT2D eigenvalue weighted by atomic mass is 9.84. The van der Waals surface area contributed by atoms with E-state index in [9.17, 15) is 4.79 Å². The minimum absolute atomic E-state index is 0.0331. The van der Waals surface area contributed by atoms with Crippen LogP contribution in [0.25, 0.3) is 0 Å². The second-order valence-electron chi connectivity index (χ2n) is 8.43. The maximum absolute atomic E-state index is 12.7. The molecular formula is C24H30ClN3O. The summed E-state index contributed by atoms with van der Waals surface area (Å²) in [7, 11) is 0. The molecule has 1 aromatic carbocycles. The second kappa shape index (κ2) is 9.73. The van der Waals surface area contributed by atoms with Crippen molar-refractivity contribution in [2.75, 3.05) is 6.54 Å². The predicted octanol–water partition coefficient (Wildman–Crippen LogP) is 5.14. The fourth-order valence-electron chi connectivity index (χ4n) is 4.47. The Morgan fingerprint density at radius 2 is 2.03 bits per heavy atom. The maximum Gasteiger partial charge on any atom is 0.223 e. The van der Waals surface area contributed by atoms with Gasteiger partial charge < -0.3 is 5.32 Å². The van der Waals surface area contributed by atoms with Crippen molar-refractivity contribution in [1.29, 1.82) is 0 Å².